The number of hydrogen-bond acceptors (Lipinski definition) is 3. The molecule has 2 N–H and O–H groups in total. The van der Waals surface area contributed by atoms with E-state index in [1.54, 1.807) is 0 Å². The van der Waals surface area contributed by atoms with Crippen molar-refractivity contribution in [2.75, 3.05) is 13.2 Å². The minimum absolute atomic E-state index is 0.0336. The molecule has 0 aliphatic carbocycles. The number of unbranched alkanes of at least 4 members (excludes halogenated alkanes) is 1. The number of aryl methyl sites for hydroxylation is 3. The van der Waals surface area contributed by atoms with Crippen molar-refractivity contribution in [3.05, 3.63) is 89.0 Å². The van der Waals surface area contributed by atoms with Crippen molar-refractivity contribution < 1.29 is 9.84 Å². The van der Waals surface area contributed by atoms with Crippen LogP contribution in [-0.4, -0.2) is 29.9 Å². The molecule has 0 saturated heterocycles. The van der Waals surface area contributed by atoms with Crippen molar-refractivity contribution >= 4 is 6.08 Å². The highest BCUT2D eigenvalue weighted by molar-refractivity contribution is 5.55. The Kier molecular flexibility index (Phi) is 12.5. The van der Waals surface area contributed by atoms with Gasteiger partial charge in [0.05, 0.1) is 18.8 Å². The molecule has 0 heterocycles. The highest BCUT2D eigenvalue weighted by atomic mass is 16.5. The highest BCUT2D eigenvalue weighted by Crippen LogP contribution is 2.24. The Hall–Kier alpha value is -2.20. The maximum Gasteiger partial charge on any atom is 0.0898 e. The second-order valence-corrected chi connectivity index (χ2v) is 10.3. The van der Waals surface area contributed by atoms with Gasteiger partial charge in [-0.15, -0.1) is 6.58 Å². The van der Waals surface area contributed by atoms with Crippen LogP contribution in [0.15, 0.2) is 61.2 Å². The Bertz CT molecular complexity index is 931. The van der Waals surface area contributed by atoms with Crippen molar-refractivity contribution in [3.8, 4) is 0 Å². The van der Waals surface area contributed by atoms with E-state index in [1.165, 1.54) is 22.3 Å². The monoisotopic (exact) mass is 477 g/mol. The molecule has 0 spiro atoms. The number of aliphatic hydroxyl groups excluding tert-OH is 1. The summed E-state index contributed by atoms with van der Waals surface area (Å²) < 4.78 is 6.09. The van der Waals surface area contributed by atoms with Gasteiger partial charge < -0.3 is 15.2 Å². The number of benzene rings is 2. The highest BCUT2D eigenvalue weighted by Gasteiger charge is 2.19. The molecule has 2 rings (SSSR count). The zero-order valence-corrected chi connectivity index (χ0v) is 22.6. The summed E-state index contributed by atoms with van der Waals surface area (Å²) in [7, 11) is 0. The van der Waals surface area contributed by atoms with Gasteiger partial charge in [0, 0.05) is 12.1 Å². The molecule has 0 saturated carbocycles. The number of β-amino-alcohol motifs (C(OH)–C–C–N with tert-alkyl or cyclic N) is 1. The van der Waals surface area contributed by atoms with Gasteiger partial charge in [-0.25, -0.2) is 0 Å². The summed E-state index contributed by atoms with van der Waals surface area (Å²) in [6.45, 7) is 15.4. The molecule has 0 bridgehead atoms. The molecular formula is C32H47NO2. The fourth-order valence-electron chi connectivity index (χ4n) is 4.39. The Balaban J connectivity index is 1.80. The predicted octanol–water partition coefficient (Wildman–Crippen LogP) is 7.37. The van der Waals surface area contributed by atoms with E-state index in [-0.39, 0.29) is 11.6 Å². The quantitative estimate of drug-likeness (QED) is 0.196. The fraction of sp³-hybridized carbons (Fsp3) is 0.500. The van der Waals surface area contributed by atoms with Gasteiger partial charge in [-0.2, -0.15) is 0 Å². The smallest absolute Gasteiger partial charge is 0.0898 e. The standard InChI is InChI=1S/C32H47NO2/c1-7-9-10-11-17-29-22-25(3)19-20-31(29)26(4)35-24-30(34)23-33-32(5,6)21-14-18-28-16-13-12-15-27(28)8-2/h7,11-13,15-17,19-20,22,26,30,33-34H,1,8-10,14,18,21,23-24H2,2-6H3/b17-11+. The molecule has 0 radical (unpaired) electrons. The van der Waals surface area contributed by atoms with E-state index in [9.17, 15) is 5.11 Å². The van der Waals surface area contributed by atoms with Crippen molar-refractivity contribution in [2.24, 2.45) is 0 Å². The van der Waals surface area contributed by atoms with Gasteiger partial charge in [0.15, 0.2) is 0 Å². The van der Waals surface area contributed by atoms with Gasteiger partial charge in [0.25, 0.3) is 0 Å². The predicted molar refractivity (Wildman–Crippen MR) is 151 cm³/mol. The molecule has 3 heteroatoms. The third kappa shape index (κ3) is 10.5. The molecule has 0 aliphatic rings. The molecule has 35 heavy (non-hydrogen) atoms. The van der Waals surface area contributed by atoms with Crippen molar-refractivity contribution in [1.29, 1.82) is 0 Å². The van der Waals surface area contributed by atoms with Crippen LogP contribution in [0.2, 0.25) is 0 Å². The first-order chi connectivity index (χ1) is 16.8. The second kappa shape index (κ2) is 15.0. The maximum absolute atomic E-state index is 10.6. The lowest BCUT2D eigenvalue weighted by molar-refractivity contribution is -0.00443. The molecule has 2 atom stereocenters. The SMILES string of the molecule is C=CCC/C=C/c1cc(C)ccc1C(C)OCC(O)CNC(C)(C)CCCc1ccccc1CC. The van der Waals surface area contributed by atoms with E-state index < -0.39 is 6.10 Å². The average molecular weight is 478 g/mol. The summed E-state index contributed by atoms with van der Waals surface area (Å²) in [5.74, 6) is 0. The van der Waals surface area contributed by atoms with E-state index in [4.69, 9.17) is 4.74 Å². The summed E-state index contributed by atoms with van der Waals surface area (Å²) >= 11 is 0. The number of ether oxygens (including phenoxy) is 1. The zero-order valence-electron chi connectivity index (χ0n) is 22.6. The first-order valence-corrected chi connectivity index (χ1v) is 13.2. The summed E-state index contributed by atoms with van der Waals surface area (Å²) in [5.41, 5.74) is 6.43. The number of aliphatic hydroxyl groups is 1. The van der Waals surface area contributed by atoms with Crippen LogP contribution in [0.5, 0.6) is 0 Å². The van der Waals surface area contributed by atoms with E-state index in [2.05, 4.69) is 101 Å². The minimum atomic E-state index is -0.547. The number of allylic oxidation sites excluding steroid dienone is 2. The third-order valence-electron chi connectivity index (χ3n) is 6.62. The van der Waals surface area contributed by atoms with Gasteiger partial charge in [0.1, 0.15) is 0 Å². The van der Waals surface area contributed by atoms with Crippen LogP contribution in [0.25, 0.3) is 6.08 Å². The van der Waals surface area contributed by atoms with Crippen LogP contribution in [0.3, 0.4) is 0 Å². The summed E-state index contributed by atoms with van der Waals surface area (Å²) in [6, 6.07) is 15.2. The molecule has 2 aromatic rings. The second-order valence-electron chi connectivity index (χ2n) is 10.3. The molecule has 2 aromatic carbocycles. The van der Waals surface area contributed by atoms with Crippen LogP contribution < -0.4 is 5.32 Å². The summed E-state index contributed by atoms with van der Waals surface area (Å²) in [5, 5.41) is 14.1. The van der Waals surface area contributed by atoms with E-state index in [0.29, 0.717) is 13.2 Å². The first-order valence-electron chi connectivity index (χ1n) is 13.2. The van der Waals surface area contributed by atoms with Crippen LogP contribution in [0, 0.1) is 6.92 Å². The molecular weight excluding hydrogens is 430 g/mol. The molecule has 0 fully saturated rings. The molecule has 192 valence electrons. The minimum Gasteiger partial charge on any atom is -0.389 e. The van der Waals surface area contributed by atoms with E-state index >= 15 is 0 Å². The number of rotatable bonds is 16. The lowest BCUT2D eigenvalue weighted by atomic mass is 9.93. The molecule has 3 nitrogen and oxygen atoms in total. The van der Waals surface area contributed by atoms with Crippen LogP contribution in [-0.2, 0) is 17.6 Å². The van der Waals surface area contributed by atoms with E-state index in [0.717, 1.165) is 44.1 Å². The topological polar surface area (TPSA) is 41.5 Å². The first kappa shape index (κ1) is 29.0. The Morgan fingerprint density at radius 1 is 1.11 bits per heavy atom. The molecule has 0 aromatic heterocycles. The molecule has 0 amide bonds. The van der Waals surface area contributed by atoms with Gasteiger partial charge in [-0.3, -0.25) is 0 Å². The van der Waals surface area contributed by atoms with E-state index in [1.807, 2.05) is 6.08 Å². The Morgan fingerprint density at radius 2 is 1.86 bits per heavy atom. The normalized spacial score (nSPS) is 13.8. The van der Waals surface area contributed by atoms with Crippen molar-refractivity contribution in [3.63, 3.8) is 0 Å². The summed E-state index contributed by atoms with van der Waals surface area (Å²) in [6.07, 6.45) is 12.0. The van der Waals surface area contributed by atoms with Gasteiger partial charge in [-0.1, -0.05) is 73.2 Å². The summed E-state index contributed by atoms with van der Waals surface area (Å²) in [4.78, 5) is 0. The van der Waals surface area contributed by atoms with Crippen LogP contribution >= 0.6 is 0 Å². The molecule has 2 unspecified atom stereocenters. The van der Waals surface area contributed by atoms with Crippen LogP contribution in [0.1, 0.15) is 87.3 Å². The fourth-order valence-corrected chi connectivity index (χ4v) is 4.39. The van der Waals surface area contributed by atoms with Crippen LogP contribution in [0.4, 0.5) is 0 Å². The lowest BCUT2D eigenvalue weighted by Gasteiger charge is -2.28. The van der Waals surface area contributed by atoms with Crippen molar-refractivity contribution in [1.82, 2.24) is 5.32 Å². The lowest BCUT2D eigenvalue weighted by Crippen LogP contribution is -2.44. The molecule has 0 aliphatic heterocycles. The number of hydrogen-bond donors (Lipinski definition) is 2. The largest absolute Gasteiger partial charge is 0.389 e. The maximum atomic E-state index is 10.6. The Labute approximate surface area is 214 Å². The van der Waals surface area contributed by atoms with Gasteiger partial charge >= 0.3 is 0 Å². The zero-order chi connectivity index (χ0) is 25.7. The van der Waals surface area contributed by atoms with Gasteiger partial charge in [0.2, 0.25) is 0 Å². The third-order valence-corrected chi connectivity index (χ3v) is 6.62. The van der Waals surface area contributed by atoms with Gasteiger partial charge in [-0.05, 0) is 88.5 Å². The average Bonchev–Trinajstić information content (AvgIpc) is 2.84. The van der Waals surface area contributed by atoms with Crippen molar-refractivity contribution in [2.45, 2.75) is 90.9 Å². The number of nitrogens with one attached hydrogen (secondary N) is 1. The Morgan fingerprint density at radius 3 is 2.57 bits per heavy atom.